The zero-order chi connectivity index (χ0) is 21.9. The summed E-state index contributed by atoms with van der Waals surface area (Å²) in [6, 6.07) is 5.35. The van der Waals surface area contributed by atoms with E-state index < -0.39 is 5.91 Å². The van der Waals surface area contributed by atoms with Gasteiger partial charge in [-0.1, -0.05) is 11.6 Å². The molecular weight excluding hydrogens is 418 g/mol. The van der Waals surface area contributed by atoms with Crippen LogP contribution in [0, 0.1) is 0 Å². The molecule has 13 nitrogen and oxygen atoms in total. The molecule has 0 saturated carbocycles. The molecule has 1 aromatic carbocycles. The number of piperidine rings is 1. The number of nitrogens with one attached hydrogen (secondary N) is 1. The second-order valence-electron chi connectivity index (χ2n) is 7.42. The molecular formula is C19H21N9O4. The monoisotopic (exact) mass is 439 g/mol. The Morgan fingerprint density at radius 2 is 2.03 bits per heavy atom. The van der Waals surface area contributed by atoms with E-state index >= 15 is 0 Å². The van der Waals surface area contributed by atoms with E-state index in [9.17, 15) is 4.79 Å². The van der Waals surface area contributed by atoms with E-state index in [1.165, 1.54) is 17.3 Å². The maximum absolute atomic E-state index is 13.1. The number of anilines is 1. The van der Waals surface area contributed by atoms with E-state index in [1.807, 2.05) is 0 Å². The lowest BCUT2D eigenvalue weighted by molar-refractivity contribution is 0.0944. The van der Waals surface area contributed by atoms with E-state index in [0.29, 0.717) is 23.7 Å². The molecule has 0 atom stereocenters. The summed E-state index contributed by atoms with van der Waals surface area (Å²) in [6.07, 6.45) is 4.92. The summed E-state index contributed by atoms with van der Waals surface area (Å²) in [5.41, 5.74) is 9.72. The number of benzene rings is 1. The van der Waals surface area contributed by atoms with Crippen molar-refractivity contribution in [1.29, 1.82) is 0 Å². The Bertz CT molecular complexity index is 1150. The highest BCUT2D eigenvalue weighted by Crippen LogP contribution is 2.32. The fourth-order valence-corrected chi connectivity index (χ4v) is 3.67. The predicted octanol–water partition coefficient (Wildman–Crippen LogP) is 0.711. The van der Waals surface area contributed by atoms with Crippen molar-refractivity contribution in [3.63, 3.8) is 0 Å². The van der Waals surface area contributed by atoms with Gasteiger partial charge in [-0.15, -0.1) is 5.10 Å². The largest absolute Gasteiger partial charge is 0.454 e. The van der Waals surface area contributed by atoms with Gasteiger partial charge in [-0.25, -0.2) is 10.1 Å². The number of hydrogen-bond acceptors (Lipinski definition) is 11. The highest BCUT2D eigenvalue weighted by atomic mass is 16.7. The van der Waals surface area contributed by atoms with Gasteiger partial charge in [0.2, 0.25) is 18.4 Å². The van der Waals surface area contributed by atoms with Crippen LogP contribution < -0.4 is 20.6 Å². The number of carbonyl (C=O) groups excluding carboxylic acids is 1. The zero-order valence-electron chi connectivity index (χ0n) is 17.1. The molecule has 2 aliphatic heterocycles. The molecule has 0 unspecified atom stereocenters. The van der Waals surface area contributed by atoms with Crippen LogP contribution in [0.2, 0.25) is 0 Å². The third kappa shape index (κ3) is 3.97. The molecule has 2 aromatic heterocycles. The van der Waals surface area contributed by atoms with Crippen molar-refractivity contribution in [2.75, 3.05) is 25.6 Å². The number of fused-ring (bicyclic) bond motifs is 1. The summed E-state index contributed by atoms with van der Waals surface area (Å²) in [5, 5.41) is 19.6. The van der Waals surface area contributed by atoms with Gasteiger partial charge in [0, 0.05) is 6.54 Å². The number of aromatic nitrogens is 5. The summed E-state index contributed by atoms with van der Waals surface area (Å²) >= 11 is 0. The number of nitrogens with zero attached hydrogens (tertiary/aromatic N) is 7. The van der Waals surface area contributed by atoms with Crippen molar-refractivity contribution < 1.29 is 18.9 Å². The van der Waals surface area contributed by atoms with Crippen molar-refractivity contribution in [2.24, 2.45) is 5.10 Å². The van der Waals surface area contributed by atoms with Gasteiger partial charge in [0.15, 0.2) is 17.2 Å². The molecule has 3 N–H and O–H groups in total. The number of ether oxygens (including phenoxy) is 2. The first-order valence-electron chi connectivity index (χ1n) is 10.2. The summed E-state index contributed by atoms with van der Waals surface area (Å²) in [5.74, 6) is 0.869. The molecule has 0 spiro atoms. The van der Waals surface area contributed by atoms with E-state index in [4.69, 9.17) is 15.2 Å². The Balaban J connectivity index is 1.38. The van der Waals surface area contributed by atoms with E-state index in [2.05, 4.69) is 40.7 Å². The first-order valence-corrected chi connectivity index (χ1v) is 10.2. The van der Waals surface area contributed by atoms with Crippen LogP contribution in [0.4, 0.5) is 5.82 Å². The topological polar surface area (TPSA) is 159 Å². The molecule has 5 rings (SSSR count). The summed E-state index contributed by atoms with van der Waals surface area (Å²) in [6.45, 7) is 2.52. The third-order valence-corrected chi connectivity index (χ3v) is 5.25. The summed E-state index contributed by atoms with van der Waals surface area (Å²) in [4.78, 5) is 15.3. The van der Waals surface area contributed by atoms with E-state index in [0.717, 1.165) is 31.5 Å². The molecule has 4 heterocycles. The molecule has 1 fully saturated rings. The van der Waals surface area contributed by atoms with Crippen molar-refractivity contribution in [3.05, 3.63) is 35.2 Å². The lowest BCUT2D eigenvalue weighted by atomic mass is 10.1. The van der Waals surface area contributed by atoms with Gasteiger partial charge in [-0.05, 0) is 60.0 Å². The Labute approximate surface area is 182 Å². The van der Waals surface area contributed by atoms with Gasteiger partial charge in [0.05, 0.1) is 6.21 Å². The van der Waals surface area contributed by atoms with Crippen molar-refractivity contribution in [2.45, 2.75) is 25.8 Å². The number of nitrogens with two attached hydrogens (primary N) is 1. The van der Waals surface area contributed by atoms with Crippen LogP contribution in [-0.4, -0.2) is 62.2 Å². The first-order chi connectivity index (χ1) is 15.7. The van der Waals surface area contributed by atoms with Crippen molar-refractivity contribution >= 4 is 17.9 Å². The standard InChI is InChI=1S/C19H21N9O4/c20-17-18(25-32-24-17)28-16(13(22-26-28)10-27-6-2-1-3-7-27)19(29)23-21-9-12-4-5-14-15(8-12)31-11-30-14/h4-5,8-9H,1-3,6-7,10-11H2,(H2,20,24)(H,23,29)/b21-9+. The average Bonchev–Trinajstić information content (AvgIpc) is 3.53. The third-order valence-electron chi connectivity index (χ3n) is 5.25. The fraction of sp³-hybridized carbons (Fsp3) is 0.368. The molecule has 0 aliphatic carbocycles. The fourth-order valence-electron chi connectivity index (χ4n) is 3.67. The molecule has 0 bridgehead atoms. The van der Waals surface area contributed by atoms with Crippen LogP contribution in [0.3, 0.4) is 0 Å². The summed E-state index contributed by atoms with van der Waals surface area (Å²) in [7, 11) is 0. The minimum Gasteiger partial charge on any atom is -0.454 e. The Morgan fingerprint density at radius 3 is 2.84 bits per heavy atom. The Hall–Kier alpha value is -4.00. The molecule has 1 saturated heterocycles. The average molecular weight is 439 g/mol. The van der Waals surface area contributed by atoms with E-state index in [1.54, 1.807) is 18.2 Å². The second-order valence-corrected chi connectivity index (χ2v) is 7.42. The molecule has 13 heteroatoms. The Morgan fingerprint density at radius 1 is 1.19 bits per heavy atom. The number of nitrogen functional groups attached to an aromatic ring is 1. The van der Waals surface area contributed by atoms with Crippen LogP contribution in [0.15, 0.2) is 27.9 Å². The lowest BCUT2D eigenvalue weighted by Crippen LogP contribution is -2.31. The van der Waals surface area contributed by atoms with Crippen molar-refractivity contribution in [3.8, 4) is 17.3 Å². The van der Waals surface area contributed by atoms with Crippen LogP contribution in [0.1, 0.15) is 41.0 Å². The van der Waals surface area contributed by atoms with Crippen LogP contribution in [-0.2, 0) is 6.54 Å². The van der Waals surface area contributed by atoms with E-state index in [-0.39, 0.29) is 24.1 Å². The van der Waals surface area contributed by atoms with Gasteiger partial charge in [0.1, 0.15) is 5.69 Å². The van der Waals surface area contributed by atoms with Crippen LogP contribution >= 0.6 is 0 Å². The highest BCUT2D eigenvalue weighted by molar-refractivity contribution is 5.95. The quantitative estimate of drug-likeness (QED) is 0.414. The molecule has 2 aliphatic rings. The predicted molar refractivity (Wildman–Crippen MR) is 110 cm³/mol. The van der Waals surface area contributed by atoms with Crippen LogP contribution in [0.5, 0.6) is 11.5 Å². The Kier molecular flexibility index (Phi) is 5.37. The molecule has 166 valence electrons. The SMILES string of the molecule is Nc1nonc1-n1nnc(CN2CCCCC2)c1C(=O)N/N=C/c1ccc2c(c1)OCO2. The second kappa shape index (κ2) is 8.63. The van der Waals surface area contributed by atoms with Crippen LogP contribution in [0.25, 0.3) is 5.82 Å². The minimum atomic E-state index is -0.513. The number of hydrazone groups is 1. The minimum absolute atomic E-state index is 0.00247. The molecule has 32 heavy (non-hydrogen) atoms. The number of carbonyl (C=O) groups is 1. The zero-order valence-corrected chi connectivity index (χ0v) is 17.1. The van der Waals surface area contributed by atoms with Gasteiger partial charge in [-0.2, -0.15) is 9.78 Å². The summed E-state index contributed by atoms with van der Waals surface area (Å²) < 4.78 is 16.5. The lowest BCUT2D eigenvalue weighted by Gasteiger charge is -2.25. The number of rotatable bonds is 6. The maximum Gasteiger partial charge on any atom is 0.292 e. The highest BCUT2D eigenvalue weighted by Gasteiger charge is 2.26. The van der Waals surface area contributed by atoms with Gasteiger partial charge < -0.3 is 15.2 Å². The normalized spacial score (nSPS) is 16.0. The molecule has 0 radical (unpaired) electrons. The van der Waals surface area contributed by atoms with Gasteiger partial charge >= 0.3 is 0 Å². The smallest absolute Gasteiger partial charge is 0.292 e. The van der Waals surface area contributed by atoms with Crippen molar-refractivity contribution in [1.82, 2.24) is 35.6 Å². The van der Waals surface area contributed by atoms with Gasteiger partial charge in [-0.3, -0.25) is 9.69 Å². The number of likely N-dealkylation sites (tertiary alicyclic amines) is 1. The van der Waals surface area contributed by atoms with Gasteiger partial charge in [0.25, 0.3) is 5.91 Å². The first kappa shape index (κ1) is 19.9. The number of amides is 1. The number of hydrogen-bond donors (Lipinski definition) is 2. The molecule has 3 aromatic rings. The maximum atomic E-state index is 13.1. The molecule has 1 amide bonds.